The molecule has 2 amide bonds. The minimum atomic E-state index is -4.44. The largest absolute Gasteiger partial charge is 0.416 e. The Morgan fingerprint density at radius 1 is 1.19 bits per heavy atom. The van der Waals surface area contributed by atoms with Gasteiger partial charge in [0.05, 0.1) is 5.56 Å². The standard InChI is InChI=1S/C14H11F3N2OS/c15-14(16,17)10-3-1-4-11(9-10)19-13(20)18-7-6-12-5-2-8-21-12/h1-9H,(H2,18,19,20)/b7-6+. The van der Waals surface area contributed by atoms with Crippen molar-refractivity contribution in [1.29, 1.82) is 0 Å². The maximum Gasteiger partial charge on any atom is 0.416 e. The summed E-state index contributed by atoms with van der Waals surface area (Å²) in [4.78, 5) is 12.5. The van der Waals surface area contributed by atoms with Crippen LogP contribution in [0, 0.1) is 0 Å². The molecule has 0 radical (unpaired) electrons. The molecule has 7 heteroatoms. The van der Waals surface area contributed by atoms with Crippen LogP contribution < -0.4 is 10.6 Å². The van der Waals surface area contributed by atoms with Crippen LogP contribution in [0.5, 0.6) is 0 Å². The molecular weight excluding hydrogens is 301 g/mol. The van der Waals surface area contributed by atoms with Crippen molar-refractivity contribution in [3.63, 3.8) is 0 Å². The molecule has 1 aromatic carbocycles. The second-order valence-corrected chi connectivity index (χ2v) is 5.01. The monoisotopic (exact) mass is 312 g/mol. The molecule has 0 aliphatic rings. The Labute approximate surface area is 123 Å². The van der Waals surface area contributed by atoms with Gasteiger partial charge in [-0.2, -0.15) is 13.2 Å². The third-order valence-electron chi connectivity index (χ3n) is 2.45. The van der Waals surface area contributed by atoms with Crippen molar-refractivity contribution in [3.8, 4) is 0 Å². The van der Waals surface area contributed by atoms with Gasteiger partial charge in [-0.05, 0) is 35.7 Å². The number of carbonyl (C=O) groups is 1. The number of rotatable bonds is 3. The molecule has 0 atom stereocenters. The van der Waals surface area contributed by atoms with Crippen LogP contribution in [0.25, 0.3) is 6.08 Å². The number of benzene rings is 1. The van der Waals surface area contributed by atoms with E-state index in [4.69, 9.17) is 0 Å². The molecule has 110 valence electrons. The quantitative estimate of drug-likeness (QED) is 0.857. The number of alkyl halides is 3. The number of halogens is 3. The van der Waals surface area contributed by atoms with E-state index in [0.29, 0.717) is 0 Å². The van der Waals surface area contributed by atoms with Crippen LogP contribution in [0.3, 0.4) is 0 Å². The molecular formula is C14H11F3N2OS. The summed E-state index contributed by atoms with van der Waals surface area (Å²) in [6, 6.07) is 7.57. The molecule has 0 saturated carbocycles. The molecule has 1 heterocycles. The van der Waals surface area contributed by atoms with E-state index >= 15 is 0 Å². The van der Waals surface area contributed by atoms with Gasteiger partial charge in [0.25, 0.3) is 0 Å². The van der Waals surface area contributed by atoms with E-state index in [1.807, 2.05) is 17.5 Å². The van der Waals surface area contributed by atoms with Crippen LogP contribution in [-0.4, -0.2) is 6.03 Å². The third kappa shape index (κ3) is 4.64. The summed E-state index contributed by atoms with van der Waals surface area (Å²) >= 11 is 1.50. The second kappa shape index (κ2) is 6.45. The van der Waals surface area contributed by atoms with E-state index in [0.717, 1.165) is 17.0 Å². The highest BCUT2D eigenvalue weighted by Crippen LogP contribution is 2.30. The Bertz CT molecular complexity index is 636. The molecule has 2 rings (SSSR count). The van der Waals surface area contributed by atoms with E-state index in [1.165, 1.54) is 29.7 Å². The maximum atomic E-state index is 12.5. The minimum absolute atomic E-state index is 0.0758. The Morgan fingerprint density at radius 2 is 2.00 bits per heavy atom. The normalized spacial score (nSPS) is 11.6. The molecule has 0 bridgehead atoms. The highest BCUT2D eigenvalue weighted by Gasteiger charge is 2.30. The van der Waals surface area contributed by atoms with Gasteiger partial charge in [0.2, 0.25) is 0 Å². The van der Waals surface area contributed by atoms with E-state index < -0.39 is 17.8 Å². The summed E-state index contributed by atoms with van der Waals surface area (Å²) in [7, 11) is 0. The summed E-state index contributed by atoms with van der Waals surface area (Å²) in [5.74, 6) is 0. The van der Waals surface area contributed by atoms with Crippen molar-refractivity contribution in [2.75, 3.05) is 5.32 Å². The van der Waals surface area contributed by atoms with Gasteiger partial charge >= 0.3 is 12.2 Å². The average molecular weight is 312 g/mol. The van der Waals surface area contributed by atoms with Gasteiger partial charge < -0.3 is 10.6 Å². The molecule has 0 spiro atoms. The molecule has 0 saturated heterocycles. The van der Waals surface area contributed by atoms with E-state index in [-0.39, 0.29) is 5.69 Å². The van der Waals surface area contributed by atoms with Gasteiger partial charge in [-0.1, -0.05) is 12.1 Å². The highest BCUT2D eigenvalue weighted by molar-refractivity contribution is 7.10. The number of nitrogens with one attached hydrogen (secondary N) is 2. The number of anilines is 1. The first-order chi connectivity index (χ1) is 9.95. The van der Waals surface area contributed by atoms with Gasteiger partial charge in [-0.3, -0.25) is 0 Å². The topological polar surface area (TPSA) is 41.1 Å². The van der Waals surface area contributed by atoms with E-state index in [9.17, 15) is 18.0 Å². The number of hydrogen-bond acceptors (Lipinski definition) is 2. The highest BCUT2D eigenvalue weighted by atomic mass is 32.1. The first-order valence-electron chi connectivity index (χ1n) is 5.90. The number of carbonyl (C=O) groups excluding carboxylic acids is 1. The van der Waals surface area contributed by atoms with Crippen LogP contribution in [-0.2, 0) is 6.18 Å². The lowest BCUT2D eigenvalue weighted by Crippen LogP contribution is -2.23. The average Bonchev–Trinajstić information content (AvgIpc) is 2.91. The smallest absolute Gasteiger partial charge is 0.314 e. The van der Waals surface area contributed by atoms with Crippen molar-refractivity contribution in [2.45, 2.75) is 6.18 Å². The van der Waals surface area contributed by atoms with Gasteiger partial charge in [0.15, 0.2) is 0 Å². The molecule has 0 unspecified atom stereocenters. The predicted octanol–water partition coefficient (Wildman–Crippen LogP) is 4.56. The lowest BCUT2D eigenvalue weighted by atomic mass is 10.2. The van der Waals surface area contributed by atoms with Crippen LogP contribution >= 0.6 is 11.3 Å². The van der Waals surface area contributed by atoms with Crippen molar-refractivity contribution in [2.24, 2.45) is 0 Å². The lowest BCUT2D eigenvalue weighted by molar-refractivity contribution is -0.137. The fraction of sp³-hybridized carbons (Fsp3) is 0.0714. The fourth-order valence-electron chi connectivity index (χ4n) is 1.53. The molecule has 2 N–H and O–H groups in total. The zero-order valence-corrected chi connectivity index (χ0v) is 11.5. The molecule has 2 aromatic rings. The molecule has 1 aromatic heterocycles. The van der Waals surface area contributed by atoms with Gasteiger partial charge in [-0.25, -0.2) is 4.79 Å². The number of thiophene rings is 1. The van der Waals surface area contributed by atoms with Gasteiger partial charge in [0, 0.05) is 16.8 Å². The Balaban J connectivity index is 1.94. The molecule has 0 aliphatic heterocycles. The van der Waals surface area contributed by atoms with Crippen LogP contribution in [0.15, 0.2) is 48.0 Å². The van der Waals surface area contributed by atoms with Crippen molar-refractivity contribution in [3.05, 3.63) is 58.4 Å². The molecule has 21 heavy (non-hydrogen) atoms. The summed E-state index contributed by atoms with van der Waals surface area (Å²) in [6.45, 7) is 0. The van der Waals surface area contributed by atoms with Crippen LogP contribution in [0.4, 0.5) is 23.7 Å². The summed E-state index contributed by atoms with van der Waals surface area (Å²) in [5, 5.41) is 6.65. The van der Waals surface area contributed by atoms with Gasteiger partial charge in [-0.15, -0.1) is 11.3 Å². The fourth-order valence-corrected chi connectivity index (χ4v) is 2.14. The van der Waals surface area contributed by atoms with E-state index in [2.05, 4.69) is 10.6 Å². The number of hydrogen-bond donors (Lipinski definition) is 2. The minimum Gasteiger partial charge on any atom is -0.314 e. The molecule has 0 fully saturated rings. The summed E-state index contributed by atoms with van der Waals surface area (Å²) in [6.07, 6.45) is -1.32. The van der Waals surface area contributed by atoms with Crippen LogP contribution in [0.1, 0.15) is 10.4 Å². The van der Waals surface area contributed by atoms with Crippen molar-refractivity contribution >= 4 is 29.1 Å². The molecule has 0 aliphatic carbocycles. The zero-order chi connectivity index (χ0) is 15.3. The number of urea groups is 1. The Morgan fingerprint density at radius 3 is 2.67 bits per heavy atom. The second-order valence-electron chi connectivity index (χ2n) is 4.03. The van der Waals surface area contributed by atoms with Gasteiger partial charge in [0.1, 0.15) is 0 Å². The first kappa shape index (κ1) is 15.1. The third-order valence-corrected chi connectivity index (χ3v) is 3.29. The predicted molar refractivity (Wildman–Crippen MR) is 77.0 cm³/mol. The first-order valence-corrected chi connectivity index (χ1v) is 6.78. The Hall–Kier alpha value is -2.28. The summed E-state index contributed by atoms with van der Waals surface area (Å²) in [5.41, 5.74) is -0.735. The Kier molecular flexibility index (Phi) is 4.64. The SMILES string of the molecule is O=C(N/C=C/c1cccs1)Nc1cccc(C(F)(F)F)c1. The lowest BCUT2D eigenvalue weighted by Gasteiger charge is -2.09. The molecule has 3 nitrogen and oxygen atoms in total. The number of amides is 2. The van der Waals surface area contributed by atoms with E-state index in [1.54, 1.807) is 6.08 Å². The van der Waals surface area contributed by atoms with Crippen LogP contribution in [0.2, 0.25) is 0 Å². The van der Waals surface area contributed by atoms with Crippen molar-refractivity contribution in [1.82, 2.24) is 5.32 Å². The van der Waals surface area contributed by atoms with Crippen molar-refractivity contribution < 1.29 is 18.0 Å². The zero-order valence-electron chi connectivity index (χ0n) is 10.6. The maximum absolute atomic E-state index is 12.5. The summed E-state index contributed by atoms with van der Waals surface area (Å²) < 4.78 is 37.6.